The standard InChI is InChI=1S/C15H15NO2/c1-11-5-2-3-7-13(11)14(15(17)18)9-12-6-4-8-16-10-12/h2-8,10,14H,9H2,1H3,(H,17,18). The highest BCUT2D eigenvalue weighted by Gasteiger charge is 2.21. The fraction of sp³-hybridized carbons (Fsp3) is 0.200. The number of carbonyl (C=O) groups is 1. The Morgan fingerprint density at radius 1 is 1.28 bits per heavy atom. The SMILES string of the molecule is Cc1ccccc1C(Cc1cccnc1)C(=O)O. The molecule has 18 heavy (non-hydrogen) atoms. The molecule has 0 saturated carbocycles. The summed E-state index contributed by atoms with van der Waals surface area (Å²) in [6.45, 7) is 1.94. The summed E-state index contributed by atoms with van der Waals surface area (Å²) in [5, 5.41) is 9.39. The van der Waals surface area contributed by atoms with Gasteiger partial charge in [-0.2, -0.15) is 0 Å². The van der Waals surface area contributed by atoms with Gasteiger partial charge >= 0.3 is 5.97 Å². The highest BCUT2D eigenvalue weighted by atomic mass is 16.4. The fourth-order valence-corrected chi connectivity index (χ4v) is 2.06. The molecule has 2 aromatic rings. The number of aliphatic carboxylic acids is 1. The van der Waals surface area contributed by atoms with E-state index in [2.05, 4.69) is 4.98 Å². The Hall–Kier alpha value is -2.16. The highest BCUT2D eigenvalue weighted by Crippen LogP contribution is 2.23. The molecule has 0 saturated heterocycles. The van der Waals surface area contributed by atoms with E-state index in [0.29, 0.717) is 6.42 Å². The molecule has 0 amide bonds. The van der Waals surface area contributed by atoms with Crippen LogP contribution in [0, 0.1) is 6.92 Å². The zero-order valence-electron chi connectivity index (χ0n) is 10.2. The molecule has 3 heteroatoms. The lowest BCUT2D eigenvalue weighted by Gasteiger charge is -2.15. The first-order valence-corrected chi connectivity index (χ1v) is 5.85. The van der Waals surface area contributed by atoms with Gasteiger partial charge in [0, 0.05) is 12.4 Å². The van der Waals surface area contributed by atoms with Crippen LogP contribution in [0.25, 0.3) is 0 Å². The second-order valence-corrected chi connectivity index (χ2v) is 4.31. The number of carboxylic acid groups (broad SMARTS) is 1. The van der Waals surface area contributed by atoms with Crippen LogP contribution in [0.3, 0.4) is 0 Å². The van der Waals surface area contributed by atoms with Crippen molar-refractivity contribution in [3.05, 3.63) is 65.5 Å². The van der Waals surface area contributed by atoms with E-state index < -0.39 is 11.9 Å². The summed E-state index contributed by atoms with van der Waals surface area (Å²) in [4.78, 5) is 15.5. The molecule has 1 atom stereocenters. The van der Waals surface area contributed by atoms with Gasteiger partial charge in [0.25, 0.3) is 0 Å². The Labute approximate surface area is 106 Å². The van der Waals surface area contributed by atoms with E-state index in [0.717, 1.165) is 16.7 Å². The maximum Gasteiger partial charge on any atom is 0.311 e. The number of aryl methyl sites for hydroxylation is 1. The van der Waals surface area contributed by atoms with Crippen molar-refractivity contribution < 1.29 is 9.90 Å². The van der Waals surface area contributed by atoms with Crippen molar-refractivity contribution in [3.8, 4) is 0 Å². The normalized spacial score (nSPS) is 12.1. The number of benzene rings is 1. The van der Waals surface area contributed by atoms with Crippen LogP contribution in [0.5, 0.6) is 0 Å². The molecule has 1 unspecified atom stereocenters. The van der Waals surface area contributed by atoms with Gasteiger partial charge in [-0.15, -0.1) is 0 Å². The van der Waals surface area contributed by atoms with Crippen molar-refractivity contribution in [2.45, 2.75) is 19.3 Å². The fourth-order valence-electron chi connectivity index (χ4n) is 2.06. The van der Waals surface area contributed by atoms with Crippen molar-refractivity contribution in [2.24, 2.45) is 0 Å². The van der Waals surface area contributed by atoms with Crippen LogP contribution in [-0.4, -0.2) is 16.1 Å². The molecule has 0 spiro atoms. The Balaban J connectivity index is 2.30. The maximum absolute atomic E-state index is 11.4. The van der Waals surface area contributed by atoms with Crippen LogP contribution in [0.2, 0.25) is 0 Å². The Morgan fingerprint density at radius 2 is 2.06 bits per heavy atom. The largest absolute Gasteiger partial charge is 0.481 e. The van der Waals surface area contributed by atoms with Crippen LogP contribution in [0.4, 0.5) is 0 Å². The summed E-state index contributed by atoms with van der Waals surface area (Å²) in [7, 11) is 0. The van der Waals surface area contributed by atoms with Crippen molar-refractivity contribution in [3.63, 3.8) is 0 Å². The van der Waals surface area contributed by atoms with Gasteiger partial charge < -0.3 is 5.11 Å². The average molecular weight is 241 g/mol. The molecule has 0 bridgehead atoms. The summed E-state index contributed by atoms with van der Waals surface area (Å²) in [5.74, 6) is -1.32. The lowest BCUT2D eigenvalue weighted by molar-refractivity contribution is -0.138. The molecule has 1 heterocycles. The van der Waals surface area contributed by atoms with Gasteiger partial charge in [0.1, 0.15) is 0 Å². The van der Waals surface area contributed by atoms with Gasteiger partial charge in [-0.05, 0) is 36.1 Å². The zero-order valence-corrected chi connectivity index (χ0v) is 10.2. The summed E-state index contributed by atoms with van der Waals surface area (Å²) in [5.41, 5.74) is 2.82. The van der Waals surface area contributed by atoms with Crippen molar-refractivity contribution in [2.75, 3.05) is 0 Å². The molecule has 0 fully saturated rings. The highest BCUT2D eigenvalue weighted by molar-refractivity contribution is 5.77. The van der Waals surface area contributed by atoms with Gasteiger partial charge in [-0.25, -0.2) is 0 Å². The van der Waals surface area contributed by atoms with Crippen LogP contribution in [0.1, 0.15) is 22.6 Å². The van der Waals surface area contributed by atoms with Gasteiger partial charge in [0.2, 0.25) is 0 Å². The molecule has 0 radical (unpaired) electrons. The number of hydrogen-bond donors (Lipinski definition) is 1. The second-order valence-electron chi connectivity index (χ2n) is 4.31. The van der Waals surface area contributed by atoms with E-state index in [1.807, 2.05) is 43.3 Å². The van der Waals surface area contributed by atoms with E-state index in [1.165, 1.54) is 0 Å². The zero-order chi connectivity index (χ0) is 13.0. The first-order chi connectivity index (χ1) is 8.68. The third kappa shape index (κ3) is 2.74. The Kier molecular flexibility index (Phi) is 3.72. The molecule has 0 aliphatic carbocycles. The molecule has 2 rings (SSSR count). The second kappa shape index (κ2) is 5.45. The van der Waals surface area contributed by atoms with Crippen molar-refractivity contribution in [1.82, 2.24) is 4.98 Å². The van der Waals surface area contributed by atoms with E-state index in [9.17, 15) is 9.90 Å². The van der Waals surface area contributed by atoms with Crippen molar-refractivity contribution in [1.29, 1.82) is 0 Å². The first-order valence-electron chi connectivity index (χ1n) is 5.85. The van der Waals surface area contributed by atoms with Crippen LogP contribution in [0.15, 0.2) is 48.8 Å². The molecule has 3 nitrogen and oxygen atoms in total. The monoisotopic (exact) mass is 241 g/mol. The summed E-state index contributed by atoms with van der Waals surface area (Å²) < 4.78 is 0. The minimum absolute atomic E-state index is 0.466. The molecule has 92 valence electrons. The van der Waals surface area contributed by atoms with Gasteiger partial charge in [0.15, 0.2) is 0 Å². The summed E-state index contributed by atoms with van der Waals surface area (Å²) >= 11 is 0. The number of carboxylic acids is 1. The number of rotatable bonds is 4. The predicted molar refractivity (Wildman–Crippen MR) is 69.5 cm³/mol. The van der Waals surface area contributed by atoms with Crippen LogP contribution in [-0.2, 0) is 11.2 Å². The van der Waals surface area contributed by atoms with Gasteiger partial charge in [-0.3, -0.25) is 9.78 Å². The molecule has 1 aromatic carbocycles. The Morgan fingerprint density at radius 3 is 2.67 bits per heavy atom. The van der Waals surface area contributed by atoms with Crippen LogP contribution >= 0.6 is 0 Å². The topological polar surface area (TPSA) is 50.2 Å². The minimum atomic E-state index is -0.798. The predicted octanol–water partition coefficient (Wildman–Crippen LogP) is 2.80. The van der Waals surface area contributed by atoms with Gasteiger partial charge in [0.05, 0.1) is 5.92 Å². The first kappa shape index (κ1) is 12.3. The molecule has 0 aliphatic rings. The van der Waals surface area contributed by atoms with E-state index in [-0.39, 0.29) is 0 Å². The maximum atomic E-state index is 11.4. The quantitative estimate of drug-likeness (QED) is 0.895. The summed E-state index contributed by atoms with van der Waals surface area (Å²) in [6.07, 6.45) is 3.87. The van der Waals surface area contributed by atoms with E-state index >= 15 is 0 Å². The van der Waals surface area contributed by atoms with E-state index in [4.69, 9.17) is 0 Å². The number of aromatic nitrogens is 1. The molecule has 1 aromatic heterocycles. The van der Waals surface area contributed by atoms with Gasteiger partial charge in [-0.1, -0.05) is 30.3 Å². The van der Waals surface area contributed by atoms with Crippen LogP contribution < -0.4 is 0 Å². The lowest BCUT2D eigenvalue weighted by atomic mass is 9.90. The molecule has 1 N–H and O–H groups in total. The lowest BCUT2D eigenvalue weighted by Crippen LogP contribution is -2.15. The number of nitrogens with zero attached hydrogens (tertiary/aromatic N) is 1. The third-order valence-corrected chi connectivity index (χ3v) is 3.02. The third-order valence-electron chi connectivity index (χ3n) is 3.02. The average Bonchev–Trinajstić information content (AvgIpc) is 2.38. The summed E-state index contributed by atoms with van der Waals surface area (Å²) in [6, 6.07) is 11.3. The minimum Gasteiger partial charge on any atom is -0.481 e. The molecular weight excluding hydrogens is 226 g/mol. The smallest absolute Gasteiger partial charge is 0.311 e. The Bertz CT molecular complexity index is 537. The molecular formula is C15H15NO2. The number of pyridine rings is 1. The molecule has 0 aliphatic heterocycles. The van der Waals surface area contributed by atoms with Crippen molar-refractivity contribution >= 4 is 5.97 Å². The number of hydrogen-bond acceptors (Lipinski definition) is 2. The van der Waals surface area contributed by atoms with E-state index in [1.54, 1.807) is 12.4 Å².